The molecule has 1 heterocycles. The van der Waals surface area contributed by atoms with Crippen LogP contribution in [0.4, 0.5) is 5.69 Å². The summed E-state index contributed by atoms with van der Waals surface area (Å²) < 4.78 is 21.6. The Kier molecular flexibility index (Phi) is 7.62. The van der Waals surface area contributed by atoms with Crippen molar-refractivity contribution in [2.45, 2.75) is 20.8 Å². The Balaban J connectivity index is 2.41. The Morgan fingerprint density at radius 1 is 1.00 bits per heavy atom. The van der Waals surface area contributed by atoms with Crippen molar-refractivity contribution in [2.75, 3.05) is 32.2 Å². The molecule has 0 fully saturated rings. The van der Waals surface area contributed by atoms with E-state index in [0.29, 0.717) is 42.6 Å². The van der Waals surface area contributed by atoms with E-state index in [0.717, 1.165) is 0 Å². The van der Waals surface area contributed by atoms with Crippen molar-refractivity contribution < 1.29 is 28.5 Å². The van der Waals surface area contributed by atoms with Crippen LogP contribution in [0.1, 0.15) is 41.5 Å². The fourth-order valence-electron chi connectivity index (χ4n) is 2.49. The number of hydrogen-bond acceptors (Lipinski definition) is 7. The molecule has 0 atom stereocenters. The molecule has 150 valence electrons. The molecule has 1 amide bonds. The molecule has 0 unspecified atom stereocenters. The highest BCUT2D eigenvalue weighted by Crippen LogP contribution is 2.39. The molecule has 0 radical (unpaired) electrons. The minimum atomic E-state index is -0.597. The number of rotatable bonds is 9. The van der Waals surface area contributed by atoms with E-state index in [1.165, 1.54) is 25.6 Å². The number of nitrogens with zero attached hydrogens (tertiary/aromatic N) is 1. The van der Waals surface area contributed by atoms with E-state index < -0.39 is 11.9 Å². The van der Waals surface area contributed by atoms with Gasteiger partial charge in [0, 0.05) is 18.0 Å². The summed E-state index contributed by atoms with van der Waals surface area (Å²) in [6, 6.07) is 4.67. The number of methoxy groups -OCH3 is 1. The third-order valence-corrected chi connectivity index (χ3v) is 3.65. The smallest absolute Gasteiger partial charge is 0.341 e. The molecule has 0 aliphatic rings. The van der Waals surface area contributed by atoms with Gasteiger partial charge in [0.1, 0.15) is 5.56 Å². The average molecular weight is 388 g/mol. The number of nitrogens with one attached hydrogen (secondary N) is 1. The van der Waals surface area contributed by atoms with Crippen molar-refractivity contribution in [2.24, 2.45) is 0 Å². The minimum Gasteiger partial charge on any atom is -0.490 e. The number of esters is 1. The molecule has 2 aromatic rings. The zero-order chi connectivity index (χ0) is 20.5. The maximum atomic E-state index is 12.8. The molecule has 1 aromatic heterocycles. The maximum Gasteiger partial charge on any atom is 0.341 e. The predicted octanol–water partition coefficient (Wildman–Crippen LogP) is 3.32. The fourth-order valence-corrected chi connectivity index (χ4v) is 2.49. The Hall–Kier alpha value is -3.29. The van der Waals surface area contributed by atoms with Crippen LogP contribution < -0.4 is 19.5 Å². The van der Waals surface area contributed by atoms with Crippen LogP contribution in [0, 0.1) is 0 Å². The van der Waals surface area contributed by atoms with Crippen LogP contribution >= 0.6 is 0 Å². The number of carbonyl (C=O) groups excluding carboxylic acids is 2. The Labute approximate surface area is 163 Å². The highest BCUT2D eigenvalue weighted by atomic mass is 16.5. The monoisotopic (exact) mass is 388 g/mol. The Morgan fingerprint density at radius 2 is 1.61 bits per heavy atom. The second kappa shape index (κ2) is 10.1. The molecule has 0 spiro atoms. The van der Waals surface area contributed by atoms with Crippen LogP contribution in [0.25, 0.3) is 0 Å². The number of aromatic nitrogens is 1. The summed E-state index contributed by atoms with van der Waals surface area (Å²) in [6.07, 6.45) is 2.80. The summed E-state index contributed by atoms with van der Waals surface area (Å²) in [5, 5.41) is 2.70. The van der Waals surface area contributed by atoms with Crippen LogP contribution in [0.15, 0.2) is 30.6 Å². The Morgan fingerprint density at radius 3 is 2.14 bits per heavy atom. The number of ether oxygens (including phenoxy) is 4. The van der Waals surface area contributed by atoms with Crippen LogP contribution in [0.3, 0.4) is 0 Å². The summed E-state index contributed by atoms with van der Waals surface area (Å²) >= 11 is 0. The van der Waals surface area contributed by atoms with E-state index in [1.54, 1.807) is 12.1 Å². The van der Waals surface area contributed by atoms with E-state index >= 15 is 0 Å². The third kappa shape index (κ3) is 4.91. The molecule has 0 aliphatic heterocycles. The minimum absolute atomic E-state index is 0.152. The van der Waals surface area contributed by atoms with Crippen LogP contribution in [-0.4, -0.2) is 43.8 Å². The average Bonchev–Trinajstić information content (AvgIpc) is 2.70. The fraction of sp³-hybridized carbons (Fsp3) is 0.350. The van der Waals surface area contributed by atoms with Crippen molar-refractivity contribution in [3.8, 4) is 17.2 Å². The first-order valence-electron chi connectivity index (χ1n) is 8.95. The van der Waals surface area contributed by atoms with Gasteiger partial charge in [-0.25, -0.2) is 4.79 Å². The molecule has 2 rings (SSSR count). The molecule has 8 heteroatoms. The summed E-state index contributed by atoms with van der Waals surface area (Å²) in [6.45, 7) is 6.74. The van der Waals surface area contributed by atoms with Gasteiger partial charge < -0.3 is 24.3 Å². The first-order chi connectivity index (χ1) is 13.5. The molecule has 28 heavy (non-hydrogen) atoms. The number of hydrogen-bond donors (Lipinski definition) is 1. The van der Waals surface area contributed by atoms with Crippen molar-refractivity contribution in [3.05, 3.63) is 41.7 Å². The zero-order valence-electron chi connectivity index (χ0n) is 16.4. The van der Waals surface area contributed by atoms with Crippen LogP contribution in [0.5, 0.6) is 17.2 Å². The molecular formula is C20H24N2O6. The summed E-state index contributed by atoms with van der Waals surface area (Å²) in [4.78, 5) is 28.6. The molecule has 8 nitrogen and oxygen atoms in total. The molecule has 0 saturated heterocycles. The third-order valence-electron chi connectivity index (χ3n) is 3.65. The molecule has 0 aliphatic carbocycles. The number of amides is 1. The Bertz CT molecular complexity index is 810. The van der Waals surface area contributed by atoms with Gasteiger partial charge in [-0.1, -0.05) is 0 Å². The lowest BCUT2D eigenvalue weighted by Gasteiger charge is -2.17. The van der Waals surface area contributed by atoms with Crippen LogP contribution in [0.2, 0.25) is 0 Å². The van der Waals surface area contributed by atoms with Gasteiger partial charge in [-0.3, -0.25) is 9.78 Å². The lowest BCUT2D eigenvalue weighted by molar-refractivity contribution is 0.0601. The molecule has 1 aromatic carbocycles. The normalized spacial score (nSPS) is 10.1. The van der Waals surface area contributed by atoms with Crippen molar-refractivity contribution in [3.63, 3.8) is 0 Å². The molecule has 1 N–H and O–H groups in total. The maximum absolute atomic E-state index is 12.8. The van der Waals surface area contributed by atoms with Gasteiger partial charge in [0.15, 0.2) is 11.5 Å². The number of benzene rings is 1. The van der Waals surface area contributed by atoms with E-state index in [2.05, 4.69) is 10.3 Å². The van der Waals surface area contributed by atoms with Gasteiger partial charge in [0.05, 0.1) is 32.6 Å². The standard InChI is InChI=1S/C20H24N2O6/c1-5-26-16-10-13(11-17(27-6-2)18(16)28-7-3)19(23)22-15-8-9-21-12-14(15)20(24)25-4/h8-12H,5-7H2,1-4H3,(H,21,22,23). The highest BCUT2D eigenvalue weighted by molar-refractivity contribution is 6.08. The van der Waals surface area contributed by atoms with Crippen LogP contribution in [-0.2, 0) is 4.74 Å². The lowest BCUT2D eigenvalue weighted by atomic mass is 10.1. The van der Waals surface area contributed by atoms with Gasteiger partial charge in [-0.15, -0.1) is 0 Å². The van der Waals surface area contributed by atoms with E-state index in [4.69, 9.17) is 18.9 Å². The van der Waals surface area contributed by atoms with Crippen molar-refractivity contribution in [1.29, 1.82) is 0 Å². The van der Waals surface area contributed by atoms with Gasteiger partial charge in [-0.05, 0) is 39.0 Å². The summed E-state index contributed by atoms with van der Waals surface area (Å²) in [5.74, 6) is 0.218. The largest absolute Gasteiger partial charge is 0.490 e. The topological polar surface area (TPSA) is 96.0 Å². The van der Waals surface area contributed by atoms with E-state index in [-0.39, 0.29) is 11.3 Å². The van der Waals surface area contributed by atoms with Gasteiger partial charge in [-0.2, -0.15) is 0 Å². The first kappa shape index (κ1) is 21.0. The summed E-state index contributed by atoms with van der Waals surface area (Å²) in [5.41, 5.74) is 0.735. The van der Waals surface area contributed by atoms with E-state index in [1.807, 2.05) is 20.8 Å². The zero-order valence-corrected chi connectivity index (χ0v) is 16.4. The highest BCUT2D eigenvalue weighted by Gasteiger charge is 2.20. The number of pyridine rings is 1. The van der Waals surface area contributed by atoms with Crippen molar-refractivity contribution in [1.82, 2.24) is 4.98 Å². The van der Waals surface area contributed by atoms with Gasteiger partial charge >= 0.3 is 5.97 Å². The number of anilines is 1. The van der Waals surface area contributed by atoms with Crippen molar-refractivity contribution >= 4 is 17.6 Å². The second-order valence-electron chi connectivity index (χ2n) is 5.47. The van der Waals surface area contributed by atoms with E-state index in [9.17, 15) is 9.59 Å². The number of carbonyl (C=O) groups is 2. The summed E-state index contributed by atoms with van der Waals surface area (Å²) in [7, 11) is 1.26. The van der Waals surface area contributed by atoms with Gasteiger partial charge in [0.25, 0.3) is 5.91 Å². The SMILES string of the molecule is CCOc1cc(C(=O)Nc2ccncc2C(=O)OC)cc(OCC)c1OCC. The molecule has 0 bridgehead atoms. The molecule has 0 saturated carbocycles. The predicted molar refractivity (Wildman–Crippen MR) is 103 cm³/mol. The lowest BCUT2D eigenvalue weighted by Crippen LogP contribution is -2.16. The van der Waals surface area contributed by atoms with Gasteiger partial charge in [0.2, 0.25) is 5.75 Å². The first-order valence-corrected chi connectivity index (χ1v) is 8.95. The quantitative estimate of drug-likeness (QED) is 0.658. The second-order valence-corrected chi connectivity index (χ2v) is 5.47. The molecular weight excluding hydrogens is 364 g/mol.